The van der Waals surface area contributed by atoms with Gasteiger partial charge in [-0.05, 0) is 29.7 Å². The van der Waals surface area contributed by atoms with Crippen molar-refractivity contribution in [2.24, 2.45) is 0 Å². The van der Waals surface area contributed by atoms with Gasteiger partial charge in [0.15, 0.2) is 0 Å². The van der Waals surface area contributed by atoms with E-state index in [0.717, 1.165) is 27.9 Å². The number of esters is 1. The Morgan fingerprint density at radius 2 is 1.37 bits per heavy atom. The van der Waals surface area contributed by atoms with Crippen LogP contribution in [0.4, 0.5) is 5.69 Å². The minimum absolute atomic E-state index is 0.121. The highest BCUT2D eigenvalue weighted by atomic mass is 16.5. The number of fused-ring (bicyclic) bond motifs is 3. The predicted molar refractivity (Wildman–Crippen MR) is 157 cm³/mol. The van der Waals surface area contributed by atoms with Crippen molar-refractivity contribution in [3.63, 3.8) is 0 Å². The van der Waals surface area contributed by atoms with E-state index in [9.17, 15) is 14.7 Å². The van der Waals surface area contributed by atoms with Gasteiger partial charge in [-0.2, -0.15) is 0 Å². The van der Waals surface area contributed by atoms with Gasteiger partial charge in [-0.25, -0.2) is 4.79 Å². The lowest BCUT2D eigenvalue weighted by atomic mass is 9.74. The van der Waals surface area contributed by atoms with Crippen LogP contribution in [0.15, 0.2) is 115 Å². The topological polar surface area (TPSA) is 90.9 Å². The summed E-state index contributed by atoms with van der Waals surface area (Å²) in [6.07, 6.45) is -0.542. The molecule has 4 aromatic rings. The lowest BCUT2D eigenvalue weighted by molar-refractivity contribution is -0.145. The monoisotopic (exact) mass is 547 g/mol. The number of likely N-dealkylation sites (tertiary alicyclic amines) is 1. The highest BCUT2D eigenvalue weighted by molar-refractivity contribution is 5.88. The SMILES string of the molecule is COC(=O)[C@H](C)NC(=O)[C@@H]1C[C@]2(O)c3ccccc3N[C@@H]2N1C(c1ccccc1)(c1ccccc1)c1ccccc1. The third kappa shape index (κ3) is 4.20. The molecule has 0 saturated carbocycles. The molecule has 1 fully saturated rings. The van der Waals surface area contributed by atoms with E-state index in [4.69, 9.17) is 4.74 Å². The highest BCUT2D eigenvalue weighted by Gasteiger charge is 2.64. The zero-order valence-electron chi connectivity index (χ0n) is 23.0. The molecule has 7 heteroatoms. The minimum atomic E-state index is -1.38. The normalized spacial score (nSPS) is 22.2. The number of hydrogen-bond acceptors (Lipinski definition) is 6. The fourth-order valence-corrected chi connectivity index (χ4v) is 6.67. The van der Waals surface area contributed by atoms with Gasteiger partial charge in [-0.15, -0.1) is 0 Å². The molecule has 1 saturated heterocycles. The summed E-state index contributed by atoms with van der Waals surface area (Å²) in [4.78, 5) is 28.6. The van der Waals surface area contributed by atoms with Crippen LogP contribution in [0.25, 0.3) is 0 Å². The summed E-state index contributed by atoms with van der Waals surface area (Å²) in [7, 11) is 1.30. The van der Waals surface area contributed by atoms with E-state index in [1.165, 1.54) is 7.11 Å². The molecule has 2 aliphatic rings. The van der Waals surface area contributed by atoms with Crippen molar-refractivity contribution in [3.8, 4) is 0 Å². The van der Waals surface area contributed by atoms with Crippen molar-refractivity contribution < 1.29 is 19.4 Å². The van der Waals surface area contributed by atoms with E-state index in [1.807, 2.05) is 78.9 Å². The molecule has 4 aromatic carbocycles. The molecule has 0 unspecified atom stereocenters. The molecule has 0 radical (unpaired) electrons. The molecule has 2 heterocycles. The van der Waals surface area contributed by atoms with E-state index in [1.54, 1.807) is 6.92 Å². The maximum atomic E-state index is 14.2. The molecule has 2 aliphatic heterocycles. The largest absolute Gasteiger partial charge is 0.467 e. The van der Waals surface area contributed by atoms with Crippen molar-refractivity contribution in [3.05, 3.63) is 138 Å². The Morgan fingerprint density at radius 3 is 1.88 bits per heavy atom. The molecular formula is C34H33N3O4. The molecular weight excluding hydrogens is 514 g/mol. The van der Waals surface area contributed by atoms with Crippen molar-refractivity contribution in [2.45, 2.75) is 42.7 Å². The van der Waals surface area contributed by atoms with Gasteiger partial charge in [0, 0.05) is 17.7 Å². The van der Waals surface area contributed by atoms with Gasteiger partial charge in [-0.3, -0.25) is 9.69 Å². The lowest BCUT2D eigenvalue weighted by Gasteiger charge is -2.48. The number of rotatable bonds is 7. The summed E-state index contributed by atoms with van der Waals surface area (Å²) in [6.45, 7) is 1.60. The number of para-hydroxylation sites is 1. The fraction of sp³-hybridized carbons (Fsp3) is 0.235. The zero-order valence-corrected chi connectivity index (χ0v) is 23.0. The van der Waals surface area contributed by atoms with E-state index < -0.39 is 35.4 Å². The Labute approximate surface area is 239 Å². The molecule has 1 amide bonds. The predicted octanol–water partition coefficient (Wildman–Crippen LogP) is 4.37. The van der Waals surface area contributed by atoms with Crippen molar-refractivity contribution >= 4 is 17.6 Å². The van der Waals surface area contributed by atoms with E-state index >= 15 is 0 Å². The van der Waals surface area contributed by atoms with Crippen LogP contribution in [0.3, 0.4) is 0 Å². The molecule has 3 N–H and O–H groups in total. The van der Waals surface area contributed by atoms with Gasteiger partial charge < -0.3 is 20.5 Å². The minimum Gasteiger partial charge on any atom is -0.467 e. The van der Waals surface area contributed by atoms with Gasteiger partial charge >= 0.3 is 5.97 Å². The number of anilines is 1. The van der Waals surface area contributed by atoms with Gasteiger partial charge in [0.25, 0.3) is 0 Å². The number of ether oxygens (including phenoxy) is 1. The third-order valence-electron chi connectivity index (χ3n) is 8.43. The van der Waals surface area contributed by atoms with E-state index in [2.05, 4.69) is 51.9 Å². The molecule has 0 bridgehead atoms. The Morgan fingerprint density at radius 1 is 0.878 bits per heavy atom. The zero-order chi connectivity index (χ0) is 28.6. The van der Waals surface area contributed by atoms with Crippen molar-refractivity contribution in [2.75, 3.05) is 12.4 Å². The number of amides is 1. The number of carbonyl (C=O) groups excluding carboxylic acids is 2. The molecule has 6 rings (SSSR count). The van der Waals surface area contributed by atoms with Crippen LogP contribution in [0.2, 0.25) is 0 Å². The molecule has 0 aromatic heterocycles. The highest BCUT2D eigenvalue weighted by Crippen LogP contribution is 2.56. The van der Waals surface area contributed by atoms with Crippen molar-refractivity contribution in [1.29, 1.82) is 0 Å². The van der Waals surface area contributed by atoms with E-state index in [-0.39, 0.29) is 12.3 Å². The van der Waals surface area contributed by atoms with Crippen LogP contribution in [-0.2, 0) is 25.5 Å². The smallest absolute Gasteiger partial charge is 0.328 e. The summed E-state index contributed by atoms with van der Waals surface area (Å²) in [5, 5.41) is 18.9. The maximum absolute atomic E-state index is 14.2. The average molecular weight is 548 g/mol. The number of nitrogens with zero attached hydrogens (tertiary/aromatic N) is 1. The van der Waals surface area contributed by atoms with Crippen LogP contribution >= 0.6 is 0 Å². The van der Waals surface area contributed by atoms with Crippen LogP contribution < -0.4 is 10.6 Å². The first-order valence-corrected chi connectivity index (χ1v) is 13.8. The molecule has 0 spiro atoms. The maximum Gasteiger partial charge on any atom is 0.328 e. The van der Waals surface area contributed by atoms with Gasteiger partial charge in [0.1, 0.15) is 17.8 Å². The summed E-state index contributed by atoms with van der Waals surface area (Å²) in [6, 6.07) is 36.2. The standard InChI is InChI=1S/C34H33N3O4/c1-23(31(39)41-2)35-30(38)29-22-33(40)27-20-12-13-21-28(27)36-32(33)37(29)34(24-14-6-3-7-15-24,25-16-8-4-9-17-25)26-18-10-5-11-19-26/h3-21,23,29,32,36,40H,22H2,1-2H3,(H,35,38)/t23-,29-,32+,33-/m0/s1. The summed E-state index contributed by atoms with van der Waals surface area (Å²) in [5.74, 6) is -0.900. The summed E-state index contributed by atoms with van der Waals surface area (Å²) < 4.78 is 4.89. The second kappa shape index (κ2) is 10.5. The first-order valence-electron chi connectivity index (χ1n) is 13.8. The summed E-state index contributed by atoms with van der Waals surface area (Å²) >= 11 is 0. The number of benzene rings is 4. The Kier molecular flexibility index (Phi) is 6.85. The molecule has 41 heavy (non-hydrogen) atoms. The van der Waals surface area contributed by atoms with Gasteiger partial charge in [0.2, 0.25) is 5.91 Å². The van der Waals surface area contributed by atoms with Gasteiger partial charge in [0.05, 0.1) is 18.7 Å². The number of carbonyl (C=O) groups is 2. The molecule has 4 atom stereocenters. The van der Waals surface area contributed by atoms with Gasteiger partial charge in [-0.1, -0.05) is 109 Å². The Hall–Kier alpha value is -4.46. The van der Waals surface area contributed by atoms with E-state index in [0.29, 0.717) is 0 Å². The van der Waals surface area contributed by atoms with Crippen LogP contribution in [0, 0.1) is 0 Å². The first kappa shape index (κ1) is 26.7. The molecule has 208 valence electrons. The van der Waals surface area contributed by atoms with Crippen LogP contribution in [0.5, 0.6) is 0 Å². The van der Waals surface area contributed by atoms with Crippen LogP contribution in [-0.4, -0.2) is 47.2 Å². The second-order valence-corrected chi connectivity index (χ2v) is 10.7. The number of methoxy groups -OCH3 is 1. The average Bonchev–Trinajstić information content (AvgIpc) is 3.47. The summed E-state index contributed by atoms with van der Waals surface area (Å²) in [5.41, 5.74) is 2.03. The number of hydrogen-bond donors (Lipinski definition) is 3. The Balaban J connectivity index is 1.63. The quantitative estimate of drug-likeness (QED) is 0.235. The van der Waals surface area contributed by atoms with Crippen LogP contribution in [0.1, 0.15) is 35.6 Å². The lowest BCUT2D eigenvalue weighted by Crippen LogP contribution is -2.60. The first-order chi connectivity index (χ1) is 19.9. The molecule has 0 aliphatic carbocycles. The second-order valence-electron chi connectivity index (χ2n) is 10.7. The number of aliphatic hydroxyl groups is 1. The molecule has 7 nitrogen and oxygen atoms in total. The fourth-order valence-electron chi connectivity index (χ4n) is 6.67. The Bertz CT molecular complexity index is 1450. The van der Waals surface area contributed by atoms with Crippen molar-refractivity contribution in [1.82, 2.24) is 10.2 Å². The number of nitrogens with one attached hydrogen (secondary N) is 2. The third-order valence-corrected chi connectivity index (χ3v) is 8.43.